The number of hydrogen-bond donors (Lipinski definition) is 2. The van der Waals surface area contributed by atoms with Crippen molar-refractivity contribution >= 4 is 34.7 Å². The van der Waals surface area contributed by atoms with Crippen LogP contribution in [0.15, 0.2) is 85.2 Å². The van der Waals surface area contributed by atoms with Gasteiger partial charge in [-0.05, 0) is 104 Å². The lowest BCUT2D eigenvalue weighted by molar-refractivity contribution is -0.137. The SMILES string of the molecule is Cc1ccc(C(=O)Nc2ccc(N3CCN(C4CCN(Cc5ccc(C6CCC(=O)NC6=O)cc5)CC4)CC3)c(C(F)(F)F)c2)cc1C#Cc1cnc2cccnn12. The van der Waals surface area contributed by atoms with Gasteiger partial charge in [-0.15, -0.1) is 0 Å². The molecular formula is C44H43F3N8O3. The van der Waals surface area contributed by atoms with E-state index in [1.54, 1.807) is 46.1 Å². The van der Waals surface area contributed by atoms with Gasteiger partial charge in [0.25, 0.3) is 5.91 Å². The van der Waals surface area contributed by atoms with Gasteiger partial charge in [-0.3, -0.25) is 29.5 Å². The number of alkyl halides is 3. The fourth-order valence-corrected chi connectivity index (χ4v) is 8.16. The van der Waals surface area contributed by atoms with Crippen molar-refractivity contribution in [2.45, 2.75) is 57.3 Å². The number of amides is 3. The number of carbonyl (C=O) groups is 3. The van der Waals surface area contributed by atoms with Crippen molar-refractivity contribution in [1.29, 1.82) is 0 Å². The number of halogens is 3. The Hall–Kier alpha value is -6.04. The fraction of sp³-hybridized carbons (Fsp3) is 0.341. The first-order valence-corrected chi connectivity index (χ1v) is 19.6. The second-order valence-corrected chi connectivity index (χ2v) is 15.2. The largest absolute Gasteiger partial charge is 0.418 e. The second-order valence-electron chi connectivity index (χ2n) is 15.2. The Balaban J connectivity index is 0.853. The molecule has 3 aliphatic rings. The zero-order valence-electron chi connectivity index (χ0n) is 32.1. The number of aromatic nitrogens is 3. The molecular weight excluding hydrogens is 746 g/mol. The first-order chi connectivity index (χ1) is 28.0. The molecule has 11 nitrogen and oxygen atoms in total. The van der Waals surface area contributed by atoms with E-state index < -0.39 is 17.6 Å². The van der Waals surface area contributed by atoms with Crippen molar-refractivity contribution in [3.8, 4) is 11.8 Å². The Morgan fingerprint density at radius 1 is 0.914 bits per heavy atom. The standard InChI is InChI=1S/C44H43F3N8O3/c1-29-4-7-33(25-32(29)10-12-36-27-48-40-3-2-18-49-55(36)40)42(57)50-34-11-14-39(38(26-34)44(45,46)47)54-23-21-53(22-24-54)35-16-19-52(20-17-35)28-30-5-8-31(9-6-30)37-13-15-41(56)51-43(37)58/h2-9,11,14,18,25-27,35,37H,13,15-17,19-24,28H2,1H3,(H,50,57)(H,51,56,58). The molecule has 0 spiro atoms. The van der Waals surface area contributed by atoms with E-state index in [2.05, 4.69) is 54.5 Å². The molecule has 3 aromatic carbocycles. The zero-order valence-corrected chi connectivity index (χ0v) is 32.1. The van der Waals surface area contributed by atoms with E-state index in [1.807, 2.05) is 25.1 Å². The second kappa shape index (κ2) is 16.4. The van der Waals surface area contributed by atoms with Crippen LogP contribution in [0.3, 0.4) is 0 Å². The predicted molar refractivity (Wildman–Crippen MR) is 213 cm³/mol. The van der Waals surface area contributed by atoms with Crippen LogP contribution >= 0.6 is 0 Å². The molecule has 2 aromatic heterocycles. The van der Waals surface area contributed by atoms with Gasteiger partial charge in [-0.2, -0.15) is 18.3 Å². The van der Waals surface area contributed by atoms with Gasteiger partial charge in [0.15, 0.2) is 5.65 Å². The maximum Gasteiger partial charge on any atom is 0.418 e. The average molecular weight is 789 g/mol. The number of piperazine rings is 1. The minimum absolute atomic E-state index is 0.0572. The lowest BCUT2D eigenvalue weighted by Crippen LogP contribution is -2.53. The molecule has 5 aromatic rings. The number of likely N-dealkylation sites (tertiary alicyclic amines) is 1. The quantitative estimate of drug-likeness (QED) is 0.152. The van der Waals surface area contributed by atoms with Gasteiger partial charge in [0.05, 0.1) is 17.7 Å². The summed E-state index contributed by atoms with van der Waals surface area (Å²) in [7, 11) is 0. The van der Waals surface area contributed by atoms with Crippen molar-refractivity contribution in [3.05, 3.63) is 124 Å². The van der Waals surface area contributed by atoms with E-state index >= 15 is 0 Å². The Bertz CT molecular complexity index is 2400. The normalized spacial score (nSPS) is 18.5. The molecule has 3 amide bonds. The summed E-state index contributed by atoms with van der Waals surface area (Å²) in [4.78, 5) is 48.0. The number of benzene rings is 3. The summed E-state index contributed by atoms with van der Waals surface area (Å²) in [5.41, 5.74) is 4.42. The molecule has 2 N–H and O–H groups in total. The van der Waals surface area contributed by atoms with E-state index in [0.29, 0.717) is 62.0 Å². The Kier molecular flexibility index (Phi) is 11.0. The van der Waals surface area contributed by atoms with Crippen LogP contribution < -0.4 is 15.5 Å². The summed E-state index contributed by atoms with van der Waals surface area (Å²) < 4.78 is 45.2. The molecule has 0 radical (unpaired) electrons. The summed E-state index contributed by atoms with van der Waals surface area (Å²) >= 11 is 0. The first kappa shape index (κ1) is 38.8. The number of piperidine rings is 2. The van der Waals surface area contributed by atoms with Gasteiger partial charge >= 0.3 is 6.18 Å². The summed E-state index contributed by atoms with van der Waals surface area (Å²) in [5.74, 6) is 4.84. The lowest BCUT2D eigenvalue weighted by Gasteiger charge is -2.43. The molecule has 1 atom stereocenters. The first-order valence-electron chi connectivity index (χ1n) is 19.6. The summed E-state index contributed by atoms with van der Waals surface area (Å²) in [5, 5.41) is 9.35. The third-order valence-electron chi connectivity index (χ3n) is 11.4. The van der Waals surface area contributed by atoms with Gasteiger partial charge < -0.3 is 10.2 Å². The van der Waals surface area contributed by atoms with Crippen molar-refractivity contribution in [2.75, 3.05) is 49.5 Å². The highest BCUT2D eigenvalue weighted by atomic mass is 19.4. The van der Waals surface area contributed by atoms with Gasteiger partial charge in [0, 0.05) is 73.9 Å². The molecule has 3 saturated heterocycles. The topological polar surface area (TPSA) is 115 Å². The van der Waals surface area contributed by atoms with Crippen LogP contribution in [0.5, 0.6) is 0 Å². The molecule has 8 rings (SSSR count). The van der Waals surface area contributed by atoms with Gasteiger partial charge in [-0.25, -0.2) is 9.50 Å². The predicted octanol–water partition coefficient (Wildman–Crippen LogP) is 6.02. The number of hydrogen-bond acceptors (Lipinski definition) is 8. The zero-order chi connectivity index (χ0) is 40.4. The van der Waals surface area contributed by atoms with Crippen LogP contribution in [0.25, 0.3) is 5.65 Å². The van der Waals surface area contributed by atoms with Crippen LogP contribution in [0.2, 0.25) is 0 Å². The van der Waals surface area contributed by atoms with Crippen LogP contribution in [-0.2, 0) is 22.3 Å². The van der Waals surface area contributed by atoms with E-state index in [0.717, 1.165) is 55.2 Å². The summed E-state index contributed by atoms with van der Waals surface area (Å²) in [6.45, 7) is 6.76. The number of carbonyl (C=O) groups excluding carboxylic acids is 3. The van der Waals surface area contributed by atoms with E-state index in [-0.39, 0.29) is 34.7 Å². The van der Waals surface area contributed by atoms with Crippen molar-refractivity contribution < 1.29 is 27.6 Å². The number of aryl methyl sites for hydroxylation is 1. The van der Waals surface area contributed by atoms with Crippen LogP contribution in [0.1, 0.15) is 75.5 Å². The van der Waals surface area contributed by atoms with E-state index in [1.165, 1.54) is 12.1 Å². The van der Waals surface area contributed by atoms with Crippen molar-refractivity contribution in [2.24, 2.45) is 0 Å². The van der Waals surface area contributed by atoms with Crippen molar-refractivity contribution in [1.82, 2.24) is 29.7 Å². The number of anilines is 2. The van der Waals surface area contributed by atoms with Crippen LogP contribution in [0.4, 0.5) is 24.5 Å². The van der Waals surface area contributed by atoms with Gasteiger partial charge in [-0.1, -0.05) is 36.3 Å². The maximum atomic E-state index is 14.5. The Morgan fingerprint density at radius 2 is 1.69 bits per heavy atom. The van der Waals surface area contributed by atoms with E-state index in [4.69, 9.17) is 0 Å². The number of rotatable bonds is 7. The van der Waals surface area contributed by atoms with E-state index in [9.17, 15) is 27.6 Å². The lowest BCUT2D eigenvalue weighted by atomic mass is 9.90. The highest BCUT2D eigenvalue weighted by Gasteiger charge is 2.37. The molecule has 1 unspecified atom stereocenters. The average Bonchev–Trinajstić information content (AvgIpc) is 3.64. The molecule has 14 heteroatoms. The number of nitrogens with one attached hydrogen (secondary N) is 2. The molecule has 3 aliphatic heterocycles. The molecule has 58 heavy (non-hydrogen) atoms. The highest BCUT2D eigenvalue weighted by Crippen LogP contribution is 2.39. The Morgan fingerprint density at radius 3 is 2.43 bits per heavy atom. The highest BCUT2D eigenvalue weighted by molar-refractivity contribution is 6.04. The van der Waals surface area contributed by atoms with Crippen LogP contribution in [-0.4, -0.2) is 87.4 Å². The number of imide groups is 1. The maximum absolute atomic E-state index is 14.5. The number of nitrogens with zero attached hydrogens (tertiary/aromatic N) is 6. The van der Waals surface area contributed by atoms with Gasteiger partial charge in [0.1, 0.15) is 5.69 Å². The third-order valence-corrected chi connectivity index (χ3v) is 11.4. The summed E-state index contributed by atoms with van der Waals surface area (Å²) in [6.07, 6.45) is 1.47. The van der Waals surface area contributed by atoms with Gasteiger partial charge in [0.2, 0.25) is 11.8 Å². The smallest absolute Gasteiger partial charge is 0.368 e. The molecule has 0 saturated carbocycles. The monoisotopic (exact) mass is 788 g/mol. The fourth-order valence-electron chi connectivity index (χ4n) is 8.16. The molecule has 0 bridgehead atoms. The van der Waals surface area contributed by atoms with Crippen molar-refractivity contribution in [3.63, 3.8) is 0 Å². The molecule has 298 valence electrons. The molecule has 0 aliphatic carbocycles. The third kappa shape index (κ3) is 8.61. The van der Waals surface area contributed by atoms with Crippen LogP contribution in [0, 0.1) is 18.8 Å². The summed E-state index contributed by atoms with van der Waals surface area (Å²) in [6, 6.07) is 21.1. The minimum Gasteiger partial charge on any atom is -0.368 e. The minimum atomic E-state index is -4.62. The molecule has 5 heterocycles. The Labute approximate surface area is 334 Å². The number of imidazole rings is 1. The number of fused-ring (bicyclic) bond motifs is 1. The molecule has 3 fully saturated rings.